The van der Waals surface area contributed by atoms with E-state index in [4.69, 9.17) is 0 Å². The average Bonchev–Trinajstić information content (AvgIpc) is 2.82. The molecule has 1 aromatic carbocycles. The third-order valence-corrected chi connectivity index (χ3v) is 3.90. The van der Waals surface area contributed by atoms with Crippen LogP contribution >= 0.6 is 0 Å². The normalized spacial score (nSPS) is 17.5. The largest absolute Gasteiger partial charge is 0.481 e. The standard InChI is InChI=1S/C14H17F2NO2/c1-17(2)12-8-11(16)10(15)7-9(12)14(13(18)19)5-3-4-6-14/h7-8H,3-6H2,1-2H3,(H,18,19). The van der Waals surface area contributed by atoms with Crippen LogP contribution < -0.4 is 4.90 Å². The van der Waals surface area contributed by atoms with Crippen molar-refractivity contribution in [2.24, 2.45) is 0 Å². The minimum atomic E-state index is -1.09. The van der Waals surface area contributed by atoms with E-state index in [1.165, 1.54) is 0 Å². The fourth-order valence-electron chi connectivity index (χ4n) is 2.87. The third kappa shape index (κ3) is 2.17. The Morgan fingerprint density at radius 2 is 1.74 bits per heavy atom. The molecule has 1 N–H and O–H groups in total. The summed E-state index contributed by atoms with van der Waals surface area (Å²) in [6.07, 6.45) is 2.51. The molecule has 3 nitrogen and oxygen atoms in total. The van der Waals surface area contributed by atoms with E-state index in [0.717, 1.165) is 25.0 Å². The third-order valence-electron chi connectivity index (χ3n) is 3.90. The Labute approximate surface area is 110 Å². The van der Waals surface area contributed by atoms with Crippen molar-refractivity contribution in [3.63, 3.8) is 0 Å². The van der Waals surface area contributed by atoms with Gasteiger partial charge in [0.25, 0.3) is 0 Å². The zero-order chi connectivity index (χ0) is 14.2. The summed E-state index contributed by atoms with van der Waals surface area (Å²) in [5.74, 6) is -2.90. The predicted octanol–water partition coefficient (Wildman–Crippen LogP) is 2.93. The highest BCUT2D eigenvalue weighted by Gasteiger charge is 2.45. The van der Waals surface area contributed by atoms with Gasteiger partial charge in [-0.1, -0.05) is 12.8 Å². The maximum absolute atomic E-state index is 13.5. The molecule has 0 heterocycles. The van der Waals surface area contributed by atoms with Crippen LogP contribution in [0.3, 0.4) is 0 Å². The van der Waals surface area contributed by atoms with Crippen LogP contribution in [0.4, 0.5) is 14.5 Å². The van der Waals surface area contributed by atoms with Crippen LogP contribution in [-0.2, 0) is 10.2 Å². The number of aliphatic carboxylic acids is 1. The highest BCUT2D eigenvalue weighted by molar-refractivity contribution is 5.84. The van der Waals surface area contributed by atoms with E-state index in [9.17, 15) is 18.7 Å². The number of halogens is 2. The zero-order valence-corrected chi connectivity index (χ0v) is 11.0. The van der Waals surface area contributed by atoms with Crippen LogP contribution in [0.15, 0.2) is 12.1 Å². The SMILES string of the molecule is CN(C)c1cc(F)c(F)cc1C1(C(=O)O)CCCC1. The number of rotatable bonds is 3. The Hall–Kier alpha value is -1.65. The molecular weight excluding hydrogens is 252 g/mol. The number of benzene rings is 1. The molecule has 5 heteroatoms. The lowest BCUT2D eigenvalue weighted by Gasteiger charge is -2.29. The second-order valence-electron chi connectivity index (χ2n) is 5.27. The summed E-state index contributed by atoms with van der Waals surface area (Å²) in [7, 11) is 3.39. The molecule has 1 aliphatic carbocycles. The van der Waals surface area contributed by atoms with Crippen molar-refractivity contribution < 1.29 is 18.7 Å². The molecule has 0 spiro atoms. The molecule has 0 amide bonds. The predicted molar refractivity (Wildman–Crippen MR) is 68.5 cm³/mol. The van der Waals surface area contributed by atoms with Gasteiger partial charge in [-0.15, -0.1) is 0 Å². The summed E-state index contributed by atoms with van der Waals surface area (Å²) in [4.78, 5) is 13.3. The minimum absolute atomic E-state index is 0.376. The van der Waals surface area contributed by atoms with Crippen LogP contribution in [-0.4, -0.2) is 25.2 Å². The van der Waals surface area contributed by atoms with E-state index in [-0.39, 0.29) is 0 Å². The van der Waals surface area contributed by atoms with Gasteiger partial charge in [0.05, 0.1) is 5.41 Å². The van der Waals surface area contributed by atoms with E-state index in [1.807, 2.05) is 0 Å². The Balaban J connectivity index is 2.65. The smallest absolute Gasteiger partial charge is 0.314 e. The van der Waals surface area contributed by atoms with E-state index >= 15 is 0 Å². The van der Waals surface area contributed by atoms with Crippen LogP contribution in [0.5, 0.6) is 0 Å². The lowest BCUT2D eigenvalue weighted by atomic mass is 9.77. The Morgan fingerprint density at radius 1 is 1.21 bits per heavy atom. The van der Waals surface area contributed by atoms with Crippen molar-refractivity contribution >= 4 is 11.7 Å². The summed E-state index contributed by atoms with van der Waals surface area (Å²) in [6, 6.07) is 2.12. The van der Waals surface area contributed by atoms with Gasteiger partial charge in [0.2, 0.25) is 0 Å². The van der Waals surface area contributed by atoms with Crippen molar-refractivity contribution in [3.8, 4) is 0 Å². The van der Waals surface area contributed by atoms with E-state index < -0.39 is 23.0 Å². The van der Waals surface area contributed by atoms with E-state index in [2.05, 4.69) is 0 Å². The number of hydrogen-bond acceptors (Lipinski definition) is 2. The molecule has 2 rings (SSSR count). The van der Waals surface area contributed by atoms with Crippen molar-refractivity contribution in [1.82, 2.24) is 0 Å². The lowest BCUT2D eigenvalue weighted by molar-refractivity contribution is -0.143. The van der Waals surface area contributed by atoms with Crippen LogP contribution in [0.25, 0.3) is 0 Å². The maximum Gasteiger partial charge on any atom is 0.314 e. The highest BCUT2D eigenvalue weighted by atomic mass is 19.2. The lowest BCUT2D eigenvalue weighted by Crippen LogP contribution is -2.34. The van der Waals surface area contributed by atoms with E-state index in [0.29, 0.717) is 24.1 Å². The summed E-state index contributed by atoms with van der Waals surface area (Å²) in [6.45, 7) is 0. The van der Waals surface area contributed by atoms with Gasteiger partial charge in [-0.05, 0) is 24.5 Å². The van der Waals surface area contributed by atoms with Crippen molar-refractivity contribution in [2.75, 3.05) is 19.0 Å². The van der Waals surface area contributed by atoms with Gasteiger partial charge in [0, 0.05) is 25.8 Å². The summed E-state index contributed by atoms with van der Waals surface area (Å²) in [5.41, 5.74) is -0.279. The molecule has 0 unspecified atom stereocenters. The Bertz CT molecular complexity index is 508. The van der Waals surface area contributed by atoms with Gasteiger partial charge >= 0.3 is 5.97 Å². The Morgan fingerprint density at radius 3 is 2.21 bits per heavy atom. The summed E-state index contributed by atoms with van der Waals surface area (Å²) >= 11 is 0. The quantitative estimate of drug-likeness (QED) is 0.917. The molecule has 1 saturated carbocycles. The Kier molecular flexibility index (Phi) is 3.47. The first-order chi connectivity index (χ1) is 8.88. The number of hydrogen-bond donors (Lipinski definition) is 1. The number of anilines is 1. The van der Waals surface area contributed by atoms with Crippen LogP contribution in [0.2, 0.25) is 0 Å². The minimum Gasteiger partial charge on any atom is -0.481 e. The molecule has 1 aromatic rings. The average molecular weight is 269 g/mol. The number of carbonyl (C=O) groups is 1. The molecule has 0 bridgehead atoms. The number of carboxylic acids is 1. The fourth-order valence-corrected chi connectivity index (χ4v) is 2.87. The first-order valence-corrected chi connectivity index (χ1v) is 6.29. The highest BCUT2D eigenvalue weighted by Crippen LogP contribution is 2.45. The summed E-state index contributed by atoms with van der Waals surface area (Å²) in [5, 5.41) is 9.55. The molecular formula is C14H17F2NO2. The second-order valence-corrected chi connectivity index (χ2v) is 5.27. The molecule has 104 valence electrons. The van der Waals surface area contributed by atoms with Crippen LogP contribution in [0.1, 0.15) is 31.2 Å². The number of nitrogens with zero attached hydrogens (tertiary/aromatic N) is 1. The van der Waals surface area contributed by atoms with Gasteiger partial charge in [-0.25, -0.2) is 8.78 Å². The molecule has 19 heavy (non-hydrogen) atoms. The van der Waals surface area contributed by atoms with Gasteiger partial charge in [0.15, 0.2) is 11.6 Å². The van der Waals surface area contributed by atoms with Gasteiger partial charge in [-0.2, -0.15) is 0 Å². The van der Waals surface area contributed by atoms with Crippen LogP contribution in [0, 0.1) is 11.6 Å². The molecule has 0 aliphatic heterocycles. The monoisotopic (exact) mass is 269 g/mol. The fraction of sp³-hybridized carbons (Fsp3) is 0.500. The second kappa shape index (κ2) is 4.79. The van der Waals surface area contributed by atoms with Gasteiger partial charge < -0.3 is 10.0 Å². The van der Waals surface area contributed by atoms with Gasteiger partial charge in [-0.3, -0.25) is 4.79 Å². The first kappa shape index (κ1) is 13.8. The summed E-state index contributed by atoms with van der Waals surface area (Å²) < 4.78 is 26.9. The molecule has 0 saturated heterocycles. The molecule has 0 radical (unpaired) electrons. The van der Waals surface area contributed by atoms with Crippen molar-refractivity contribution in [1.29, 1.82) is 0 Å². The molecule has 0 aromatic heterocycles. The van der Waals surface area contributed by atoms with Crippen molar-refractivity contribution in [3.05, 3.63) is 29.3 Å². The molecule has 1 fully saturated rings. The molecule has 1 aliphatic rings. The van der Waals surface area contributed by atoms with Crippen molar-refractivity contribution in [2.45, 2.75) is 31.1 Å². The topological polar surface area (TPSA) is 40.5 Å². The van der Waals surface area contributed by atoms with Gasteiger partial charge in [0.1, 0.15) is 0 Å². The zero-order valence-electron chi connectivity index (χ0n) is 11.0. The molecule has 0 atom stereocenters. The van der Waals surface area contributed by atoms with E-state index in [1.54, 1.807) is 19.0 Å². The number of carboxylic acid groups (broad SMARTS) is 1. The maximum atomic E-state index is 13.5. The first-order valence-electron chi connectivity index (χ1n) is 6.29.